The molecule has 1 aromatic carbocycles. The molecule has 1 atom stereocenters. The molecule has 0 amide bonds. The number of hydrogen-bond acceptors (Lipinski definition) is 4. The third-order valence-corrected chi connectivity index (χ3v) is 4.30. The minimum atomic E-state index is -0.543. The van der Waals surface area contributed by atoms with Crippen LogP contribution in [-0.4, -0.2) is 18.5 Å². The number of rotatable bonds is 3. The van der Waals surface area contributed by atoms with Crippen LogP contribution in [0.3, 0.4) is 0 Å². The van der Waals surface area contributed by atoms with E-state index < -0.39 is 6.10 Å². The molecule has 1 aliphatic heterocycles. The Balaban J connectivity index is 1.79. The lowest BCUT2D eigenvalue weighted by Gasteiger charge is -2.25. The van der Waals surface area contributed by atoms with Crippen LogP contribution in [0.25, 0.3) is 0 Å². The number of Topliss-reactive ketones (excluding diaryl/α,β-unsaturated/α-hetero) is 1. The first-order valence-electron chi connectivity index (χ1n) is 6.29. The fraction of sp³-hybridized carbons (Fsp3) is 0.267. The van der Waals surface area contributed by atoms with Crippen molar-refractivity contribution in [1.29, 1.82) is 0 Å². The second kappa shape index (κ2) is 5.05. The van der Waals surface area contributed by atoms with Gasteiger partial charge in [-0.2, -0.15) is 0 Å². The van der Waals surface area contributed by atoms with Crippen molar-refractivity contribution in [2.45, 2.75) is 19.4 Å². The van der Waals surface area contributed by atoms with Gasteiger partial charge in [0.25, 0.3) is 0 Å². The van der Waals surface area contributed by atoms with Crippen molar-refractivity contribution < 1.29 is 14.3 Å². The molecule has 3 rings (SSSR count). The summed E-state index contributed by atoms with van der Waals surface area (Å²) in [4.78, 5) is 14.3. The maximum Gasteiger partial charge on any atom is 0.216 e. The van der Waals surface area contributed by atoms with E-state index in [4.69, 9.17) is 9.47 Å². The number of aryl methyl sites for hydroxylation is 1. The van der Waals surface area contributed by atoms with Crippen LogP contribution in [0.4, 0.5) is 0 Å². The number of ether oxygens (including phenoxy) is 2. The Labute approximate surface area is 115 Å². The quantitative estimate of drug-likeness (QED) is 0.805. The summed E-state index contributed by atoms with van der Waals surface area (Å²) in [6.45, 7) is 2.35. The maximum atomic E-state index is 12.3. The topological polar surface area (TPSA) is 35.5 Å². The molecule has 3 nitrogen and oxygen atoms in total. The highest BCUT2D eigenvalue weighted by Gasteiger charge is 2.28. The minimum absolute atomic E-state index is 0.000738. The Morgan fingerprint density at radius 2 is 2.05 bits per heavy atom. The zero-order valence-electron chi connectivity index (χ0n) is 10.6. The van der Waals surface area contributed by atoms with Crippen molar-refractivity contribution in [2.75, 3.05) is 6.61 Å². The molecule has 0 radical (unpaired) electrons. The van der Waals surface area contributed by atoms with E-state index in [0.29, 0.717) is 11.5 Å². The molecule has 0 saturated heterocycles. The van der Waals surface area contributed by atoms with Crippen LogP contribution in [-0.2, 0) is 6.42 Å². The zero-order chi connectivity index (χ0) is 13.2. The monoisotopic (exact) mass is 274 g/mol. The van der Waals surface area contributed by atoms with Gasteiger partial charge in [0.1, 0.15) is 6.61 Å². The lowest BCUT2D eigenvalue weighted by atomic mass is 10.2. The number of ketones is 1. The Hall–Kier alpha value is -1.81. The van der Waals surface area contributed by atoms with Crippen LogP contribution in [0.15, 0.2) is 36.4 Å². The molecular formula is C15H14O3S. The number of benzene rings is 1. The smallest absolute Gasteiger partial charge is 0.216 e. The van der Waals surface area contributed by atoms with E-state index in [-0.39, 0.29) is 12.4 Å². The van der Waals surface area contributed by atoms with Crippen molar-refractivity contribution in [3.05, 3.63) is 46.2 Å². The average Bonchev–Trinajstić information content (AvgIpc) is 2.95. The highest BCUT2D eigenvalue weighted by Crippen LogP contribution is 2.32. The summed E-state index contributed by atoms with van der Waals surface area (Å²) in [5.41, 5.74) is 0. The van der Waals surface area contributed by atoms with Gasteiger partial charge in [0, 0.05) is 4.88 Å². The predicted molar refractivity (Wildman–Crippen MR) is 74.4 cm³/mol. The highest BCUT2D eigenvalue weighted by molar-refractivity contribution is 7.14. The molecule has 2 heterocycles. The van der Waals surface area contributed by atoms with Crippen molar-refractivity contribution in [2.24, 2.45) is 0 Å². The number of carbonyl (C=O) groups excluding carboxylic acids is 1. The normalized spacial score (nSPS) is 17.2. The van der Waals surface area contributed by atoms with E-state index in [2.05, 4.69) is 6.92 Å². The average molecular weight is 274 g/mol. The molecule has 98 valence electrons. The Morgan fingerprint density at radius 3 is 2.79 bits per heavy atom. The molecule has 0 bridgehead atoms. The van der Waals surface area contributed by atoms with E-state index in [1.54, 1.807) is 0 Å². The van der Waals surface area contributed by atoms with Gasteiger partial charge < -0.3 is 9.47 Å². The molecule has 4 heteroatoms. The molecule has 2 aromatic rings. The summed E-state index contributed by atoms with van der Waals surface area (Å²) in [6, 6.07) is 11.3. The molecule has 1 aliphatic rings. The summed E-state index contributed by atoms with van der Waals surface area (Å²) >= 11 is 1.53. The van der Waals surface area contributed by atoms with Gasteiger partial charge in [-0.3, -0.25) is 4.79 Å². The third-order valence-electron chi connectivity index (χ3n) is 3.05. The molecule has 19 heavy (non-hydrogen) atoms. The Bertz CT molecular complexity index is 603. The third kappa shape index (κ3) is 2.36. The first-order chi connectivity index (χ1) is 9.28. The minimum Gasteiger partial charge on any atom is -0.485 e. The highest BCUT2D eigenvalue weighted by atomic mass is 32.1. The van der Waals surface area contributed by atoms with Gasteiger partial charge in [0.2, 0.25) is 5.78 Å². The fourth-order valence-electron chi connectivity index (χ4n) is 2.01. The van der Waals surface area contributed by atoms with Crippen molar-refractivity contribution in [3.8, 4) is 11.5 Å². The van der Waals surface area contributed by atoms with Gasteiger partial charge in [-0.25, -0.2) is 0 Å². The van der Waals surface area contributed by atoms with Gasteiger partial charge in [0.05, 0.1) is 4.88 Å². The summed E-state index contributed by atoms with van der Waals surface area (Å²) in [7, 11) is 0. The molecule has 1 unspecified atom stereocenters. The van der Waals surface area contributed by atoms with Crippen molar-refractivity contribution in [3.63, 3.8) is 0 Å². The predicted octanol–water partition coefficient (Wildman–Crippen LogP) is 3.33. The first kappa shape index (κ1) is 12.2. The molecule has 0 N–H and O–H groups in total. The molecule has 0 saturated carbocycles. The number of hydrogen-bond donors (Lipinski definition) is 0. The van der Waals surface area contributed by atoms with E-state index in [9.17, 15) is 4.79 Å². The van der Waals surface area contributed by atoms with Gasteiger partial charge in [-0.05, 0) is 30.7 Å². The lowest BCUT2D eigenvalue weighted by Crippen LogP contribution is -2.36. The largest absolute Gasteiger partial charge is 0.485 e. The number of thiophene rings is 1. The van der Waals surface area contributed by atoms with Crippen LogP contribution in [0.2, 0.25) is 0 Å². The van der Waals surface area contributed by atoms with Gasteiger partial charge in [-0.1, -0.05) is 19.1 Å². The standard InChI is InChI=1S/C15H14O3S/c1-2-10-7-8-14(19-10)15(16)13-9-17-11-5-3-4-6-12(11)18-13/h3-8,13H,2,9H2,1H3. The number of fused-ring (bicyclic) bond motifs is 1. The fourth-order valence-corrected chi connectivity index (χ4v) is 2.94. The maximum absolute atomic E-state index is 12.3. The Morgan fingerprint density at radius 1 is 1.26 bits per heavy atom. The summed E-state index contributed by atoms with van der Waals surface area (Å²) in [5.74, 6) is 1.34. The van der Waals surface area contributed by atoms with E-state index >= 15 is 0 Å². The molecule has 0 spiro atoms. The van der Waals surface area contributed by atoms with Gasteiger partial charge >= 0.3 is 0 Å². The second-order valence-corrected chi connectivity index (χ2v) is 5.52. The van der Waals surface area contributed by atoms with E-state index in [1.807, 2.05) is 36.4 Å². The second-order valence-electron chi connectivity index (χ2n) is 4.35. The van der Waals surface area contributed by atoms with Crippen LogP contribution in [0, 0.1) is 0 Å². The molecule has 0 fully saturated rings. The van der Waals surface area contributed by atoms with E-state index in [0.717, 1.165) is 11.3 Å². The Kier molecular flexibility index (Phi) is 3.25. The van der Waals surface area contributed by atoms with Crippen LogP contribution < -0.4 is 9.47 Å². The van der Waals surface area contributed by atoms with Crippen LogP contribution >= 0.6 is 11.3 Å². The molecule has 0 aliphatic carbocycles. The van der Waals surface area contributed by atoms with Crippen LogP contribution in [0.5, 0.6) is 11.5 Å². The molecule has 1 aromatic heterocycles. The van der Waals surface area contributed by atoms with E-state index in [1.165, 1.54) is 16.2 Å². The van der Waals surface area contributed by atoms with Gasteiger partial charge in [0.15, 0.2) is 17.6 Å². The summed E-state index contributed by atoms with van der Waals surface area (Å²) in [6.07, 6.45) is 0.404. The number of carbonyl (C=O) groups is 1. The lowest BCUT2D eigenvalue weighted by molar-refractivity contribution is 0.0590. The summed E-state index contributed by atoms with van der Waals surface area (Å²) in [5, 5.41) is 0. The molecular weight excluding hydrogens is 260 g/mol. The van der Waals surface area contributed by atoms with Crippen molar-refractivity contribution in [1.82, 2.24) is 0 Å². The van der Waals surface area contributed by atoms with Crippen molar-refractivity contribution >= 4 is 17.1 Å². The zero-order valence-corrected chi connectivity index (χ0v) is 11.4. The van der Waals surface area contributed by atoms with Crippen LogP contribution in [0.1, 0.15) is 21.5 Å². The summed E-state index contributed by atoms with van der Waals surface area (Å²) < 4.78 is 11.3. The number of para-hydroxylation sites is 2. The van der Waals surface area contributed by atoms with Gasteiger partial charge in [-0.15, -0.1) is 11.3 Å². The SMILES string of the molecule is CCc1ccc(C(=O)C2COc3ccccc3O2)s1. The first-order valence-corrected chi connectivity index (χ1v) is 7.11.